The summed E-state index contributed by atoms with van der Waals surface area (Å²) in [6.07, 6.45) is 6.43. The first kappa shape index (κ1) is 17.2. The number of nitrogens with zero attached hydrogens (tertiary/aromatic N) is 2. The van der Waals surface area contributed by atoms with Gasteiger partial charge < -0.3 is 15.6 Å². The zero-order valence-corrected chi connectivity index (χ0v) is 16.5. The summed E-state index contributed by atoms with van der Waals surface area (Å²) in [7, 11) is 0. The van der Waals surface area contributed by atoms with Gasteiger partial charge in [0.15, 0.2) is 0 Å². The van der Waals surface area contributed by atoms with Crippen LogP contribution in [0, 0.1) is 5.92 Å². The van der Waals surface area contributed by atoms with Crippen LogP contribution in [0.1, 0.15) is 49.5 Å². The highest BCUT2D eigenvalue weighted by molar-refractivity contribution is 5.99. The van der Waals surface area contributed by atoms with Crippen molar-refractivity contribution in [3.8, 4) is 11.1 Å². The molecule has 1 aromatic carbocycles. The molecular formula is C22H25N5O. The molecule has 2 aromatic heterocycles. The Kier molecular flexibility index (Phi) is 3.73. The van der Waals surface area contributed by atoms with E-state index < -0.39 is 0 Å². The van der Waals surface area contributed by atoms with Crippen molar-refractivity contribution in [2.24, 2.45) is 5.92 Å². The number of carbonyl (C=O) groups is 1. The van der Waals surface area contributed by atoms with Crippen molar-refractivity contribution in [3.05, 3.63) is 41.7 Å². The van der Waals surface area contributed by atoms with E-state index in [0.717, 1.165) is 39.2 Å². The Morgan fingerprint density at radius 1 is 1.25 bits per heavy atom. The van der Waals surface area contributed by atoms with Crippen molar-refractivity contribution >= 4 is 22.9 Å². The van der Waals surface area contributed by atoms with Gasteiger partial charge in [0.05, 0.1) is 0 Å². The lowest BCUT2D eigenvalue weighted by Crippen LogP contribution is -2.43. The summed E-state index contributed by atoms with van der Waals surface area (Å²) in [5.41, 5.74) is 4.70. The maximum atomic E-state index is 12.2. The van der Waals surface area contributed by atoms with Crippen LogP contribution in [0.5, 0.6) is 0 Å². The van der Waals surface area contributed by atoms with E-state index in [0.29, 0.717) is 18.5 Å². The molecular weight excluding hydrogens is 350 g/mol. The van der Waals surface area contributed by atoms with E-state index in [1.165, 1.54) is 12.8 Å². The lowest BCUT2D eigenvalue weighted by Gasteiger charge is -2.32. The predicted molar refractivity (Wildman–Crippen MR) is 110 cm³/mol. The third-order valence-corrected chi connectivity index (χ3v) is 6.11. The van der Waals surface area contributed by atoms with Crippen LogP contribution >= 0.6 is 0 Å². The number of fused-ring (bicyclic) bond motifs is 2. The van der Waals surface area contributed by atoms with Crippen LogP contribution in [-0.4, -0.2) is 33.4 Å². The maximum absolute atomic E-state index is 12.2. The maximum Gasteiger partial charge on any atom is 0.251 e. The average molecular weight is 375 g/mol. The number of nitrogens with one attached hydrogen (secondary N) is 3. The molecule has 6 nitrogen and oxygen atoms in total. The van der Waals surface area contributed by atoms with E-state index in [4.69, 9.17) is 0 Å². The molecule has 0 spiro atoms. The number of aromatic nitrogens is 3. The largest absolute Gasteiger partial charge is 0.351 e. The number of hydrogen-bond acceptors (Lipinski definition) is 4. The van der Waals surface area contributed by atoms with Crippen molar-refractivity contribution in [1.82, 2.24) is 20.3 Å². The molecule has 6 heteroatoms. The van der Waals surface area contributed by atoms with Crippen molar-refractivity contribution < 1.29 is 4.79 Å². The molecule has 5 rings (SSSR count). The zero-order chi connectivity index (χ0) is 19.5. The van der Waals surface area contributed by atoms with Gasteiger partial charge in [0, 0.05) is 46.9 Å². The molecule has 1 atom stereocenters. The molecule has 28 heavy (non-hydrogen) atoms. The van der Waals surface area contributed by atoms with Crippen LogP contribution in [0.15, 0.2) is 30.6 Å². The average Bonchev–Trinajstić information content (AvgIpc) is 3.45. The standard InChI is InChI=1S/C22H25N5O/c1-12(13-4-5-13)26-21-24-10-17-16(9-23-19(17)27-21)14-6-7-15-18(8-14)22(2,3)11-25-20(15)28/h6-10,12-13H,4-5,11H2,1-3H3,(H,25,28)(H2,23,24,26,27)/t12-/m1/s1. The van der Waals surface area contributed by atoms with E-state index in [-0.39, 0.29) is 11.3 Å². The van der Waals surface area contributed by atoms with Crippen LogP contribution in [0.3, 0.4) is 0 Å². The summed E-state index contributed by atoms with van der Waals surface area (Å²) in [5, 5.41) is 7.38. The molecule has 0 radical (unpaired) electrons. The number of hydrogen-bond donors (Lipinski definition) is 3. The smallest absolute Gasteiger partial charge is 0.251 e. The second-order valence-corrected chi connectivity index (χ2v) is 8.76. The number of rotatable bonds is 4. The fraction of sp³-hybridized carbons (Fsp3) is 0.409. The molecule has 0 saturated heterocycles. The predicted octanol–water partition coefficient (Wildman–Crippen LogP) is 3.86. The van der Waals surface area contributed by atoms with Gasteiger partial charge in [-0.25, -0.2) is 4.98 Å². The molecule has 0 bridgehead atoms. The summed E-state index contributed by atoms with van der Waals surface area (Å²) in [6, 6.07) is 6.47. The second kappa shape index (κ2) is 6.06. The van der Waals surface area contributed by atoms with Crippen LogP contribution in [0.4, 0.5) is 5.95 Å². The summed E-state index contributed by atoms with van der Waals surface area (Å²) in [6.45, 7) is 7.16. The molecule has 0 unspecified atom stereocenters. The topological polar surface area (TPSA) is 82.7 Å². The molecule has 144 valence electrons. The summed E-state index contributed by atoms with van der Waals surface area (Å²) in [4.78, 5) is 24.7. The Hall–Kier alpha value is -2.89. The van der Waals surface area contributed by atoms with Gasteiger partial charge in [0.1, 0.15) is 5.65 Å². The number of H-pyrrole nitrogens is 1. The van der Waals surface area contributed by atoms with Gasteiger partial charge in [-0.15, -0.1) is 0 Å². The lowest BCUT2D eigenvalue weighted by molar-refractivity contribution is 0.0930. The van der Waals surface area contributed by atoms with E-state index in [2.05, 4.69) is 52.4 Å². The number of carbonyl (C=O) groups excluding carboxylic acids is 1. The number of benzene rings is 1. The SMILES string of the molecule is C[C@@H](Nc1ncc2c(-c3ccc4c(c3)C(C)(C)CNC4=O)c[nH]c2n1)C1CC1. The van der Waals surface area contributed by atoms with Gasteiger partial charge in [-0.1, -0.05) is 19.9 Å². The van der Waals surface area contributed by atoms with Gasteiger partial charge in [0.25, 0.3) is 5.91 Å². The Balaban J connectivity index is 1.52. The van der Waals surface area contributed by atoms with Crippen LogP contribution in [-0.2, 0) is 5.41 Å². The monoisotopic (exact) mass is 375 g/mol. The molecule has 3 heterocycles. The van der Waals surface area contributed by atoms with Gasteiger partial charge >= 0.3 is 0 Å². The first-order valence-electron chi connectivity index (χ1n) is 9.96. The number of aromatic amines is 1. The minimum atomic E-state index is -0.0993. The Morgan fingerprint density at radius 3 is 2.86 bits per heavy atom. The highest BCUT2D eigenvalue weighted by atomic mass is 16.1. The molecule has 1 aliphatic carbocycles. The summed E-state index contributed by atoms with van der Waals surface area (Å²) < 4.78 is 0. The normalized spacial score (nSPS) is 19.2. The van der Waals surface area contributed by atoms with Gasteiger partial charge in [0.2, 0.25) is 5.95 Å². The van der Waals surface area contributed by atoms with E-state index in [1.807, 2.05) is 24.5 Å². The molecule has 3 N–H and O–H groups in total. The Labute approximate surface area is 164 Å². The Bertz CT molecular complexity index is 1080. The lowest BCUT2D eigenvalue weighted by atomic mass is 9.78. The highest BCUT2D eigenvalue weighted by Crippen LogP contribution is 2.36. The fourth-order valence-corrected chi connectivity index (χ4v) is 4.09. The van der Waals surface area contributed by atoms with Crippen molar-refractivity contribution in [1.29, 1.82) is 0 Å². The van der Waals surface area contributed by atoms with E-state index in [1.54, 1.807) is 0 Å². The molecule has 1 aliphatic heterocycles. The van der Waals surface area contributed by atoms with Crippen molar-refractivity contribution in [3.63, 3.8) is 0 Å². The van der Waals surface area contributed by atoms with Gasteiger partial charge in [-0.2, -0.15) is 4.98 Å². The van der Waals surface area contributed by atoms with Crippen molar-refractivity contribution in [2.75, 3.05) is 11.9 Å². The highest BCUT2D eigenvalue weighted by Gasteiger charge is 2.32. The van der Waals surface area contributed by atoms with Crippen molar-refractivity contribution in [2.45, 2.75) is 45.1 Å². The zero-order valence-electron chi connectivity index (χ0n) is 16.5. The Morgan fingerprint density at radius 2 is 2.07 bits per heavy atom. The first-order chi connectivity index (χ1) is 13.4. The molecule has 1 saturated carbocycles. The van der Waals surface area contributed by atoms with E-state index in [9.17, 15) is 4.79 Å². The first-order valence-corrected chi connectivity index (χ1v) is 9.96. The molecule has 1 amide bonds. The fourth-order valence-electron chi connectivity index (χ4n) is 4.09. The summed E-state index contributed by atoms with van der Waals surface area (Å²) >= 11 is 0. The quantitative estimate of drug-likeness (QED) is 0.647. The minimum absolute atomic E-state index is 0.00336. The third-order valence-electron chi connectivity index (χ3n) is 6.11. The van der Waals surface area contributed by atoms with Gasteiger partial charge in [-0.3, -0.25) is 4.79 Å². The molecule has 2 aliphatic rings. The van der Waals surface area contributed by atoms with Crippen LogP contribution in [0.2, 0.25) is 0 Å². The van der Waals surface area contributed by atoms with Crippen LogP contribution < -0.4 is 10.6 Å². The third kappa shape index (κ3) is 2.84. The van der Waals surface area contributed by atoms with Crippen LogP contribution in [0.25, 0.3) is 22.2 Å². The molecule has 1 fully saturated rings. The van der Waals surface area contributed by atoms with E-state index >= 15 is 0 Å². The summed E-state index contributed by atoms with van der Waals surface area (Å²) in [5.74, 6) is 1.42. The molecule has 3 aromatic rings. The number of amides is 1. The number of anilines is 1. The van der Waals surface area contributed by atoms with Gasteiger partial charge in [-0.05, 0) is 48.9 Å². The second-order valence-electron chi connectivity index (χ2n) is 8.76. The minimum Gasteiger partial charge on any atom is -0.351 e.